The summed E-state index contributed by atoms with van der Waals surface area (Å²) in [7, 11) is 0. The molecule has 0 radical (unpaired) electrons. The highest BCUT2D eigenvalue weighted by atomic mass is 16.6. The number of hydrogen-bond donors (Lipinski definition) is 1. The molecule has 1 amide bonds. The number of furan rings is 1. The number of carbonyl (C=O) groups excluding carboxylic acids is 1. The highest BCUT2D eigenvalue weighted by Gasteiger charge is 2.18. The van der Waals surface area contributed by atoms with Crippen molar-refractivity contribution in [1.82, 2.24) is 15.1 Å². The third kappa shape index (κ3) is 4.15. The van der Waals surface area contributed by atoms with Gasteiger partial charge in [-0.1, -0.05) is 29.4 Å². The van der Waals surface area contributed by atoms with Gasteiger partial charge in [0.1, 0.15) is 5.76 Å². The average Bonchev–Trinajstić information content (AvgIpc) is 3.56. The van der Waals surface area contributed by atoms with E-state index in [0.717, 1.165) is 0 Å². The Morgan fingerprint density at radius 3 is 2.65 bits per heavy atom. The van der Waals surface area contributed by atoms with Gasteiger partial charge in [0.2, 0.25) is 5.82 Å². The predicted octanol–water partition coefficient (Wildman–Crippen LogP) is 5.22. The molecule has 0 aliphatic rings. The summed E-state index contributed by atoms with van der Waals surface area (Å²) in [5.41, 5.74) is 2.09. The van der Waals surface area contributed by atoms with Crippen LogP contribution in [0.3, 0.4) is 0 Å². The minimum Gasteiger partial charge on any atom is -0.451 e. The second-order valence-corrected chi connectivity index (χ2v) is 7.14. The van der Waals surface area contributed by atoms with E-state index in [2.05, 4.69) is 20.4 Å². The summed E-state index contributed by atoms with van der Waals surface area (Å²) in [5, 5.41) is 17.8. The zero-order chi connectivity index (χ0) is 23.5. The van der Waals surface area contributed by atoms with E-state index in [1.807, 2.05) is 6.07 Å². The maximum Gasteiger partial charge on any atom is 0.291 e. The number of amides is 1. The summed E-state index contributed by atoms with van der Waals surface area (Å²) >= 11 is 0. The molecule has 0 spiro atoms. The Labute approximate surface area is 192 Å². The van der Waals surface area contributed by atoms with Crippen LogP contribution in [-0.4, -0.2) is 26.0 Å². The van der Waals surface area contributed by atoms with E-state index >= 15 is 0 Å². The lowest BCUT2D eigenvalue weighted by Crippen LogP contribution is -2.11. The number of nitro groups is 1. The first-order valence-electron chi connectivity index (χ1n) is 10.1. The Morgan fingerprint density at radius 2 is 1.82 bits per heavy atom. The first-order valence-corrected chi connectivity index (χ1v) is 10.1. The number of nitrogens with one attached hydrogen (secondary N) is 1. The number of para-hydroxylation sites is 1. The number of rotatable bonds is 6. The quantitative estimate of drug-likeness (QED) is 0.273. The molecule has 5 aromatic rings. The normalized spacial score (nSPS) is 10.7. The van der Waals surface area contributed by atoms with Gasteiger partial charge < -0.3 is 14.3 Å². The van der Waals surface area contributed by atoms with E-state index < -0.39 is 10.8 Å². The van der Waals surface area contributed by atoms with Gasteiger partial charge in [0, 0.05) is 35.7 Å². The zero-order valence-corrected chi connectivity index (χ0v) is 17.4. The second kappa shape index (κ2) is 8.79. The maximum atomic E-state index is 12.9. The van der Waals surface area contributed by atoms with Crippen molar-refractivity contribution in [1.29, 1.82) is 0 Å². The predicted molar refractivity (Wildman–Crippen MR) is 122 cm³/mol. The third-order valence-electron chi connectivity index (χ3n) is 4.92. The van der Waals surface area contributed by atoms with Crippen molar-refractivity contribution in [3.63, 3.8) is 0 Å². The highest BCUT2D eigenvalue weighted by Crippen LogP contribution is 2.30. The maximum absolute atomic E-state index is 12.9. The van der Waals surface area contributed by atoms with Crippen LogP contribution in [-0.2, 0) is 0 Å². The van der Waals surface area contributed by atoms with Crippen molar-refractivity contribution in [2.45, 2.75) is 0 Å². The van der Waals surface area contributed by atoms with Gasteiger partial charge >= 0.3 is 0 Å². The van der Waals surface area contributed by atoms with Crippen LogP contribution in [0.4, 0.5) is 11.4 Å². The summed E-state index contributed by atoms with van der Waals surface area (Å²) in [5.74, 6) is 0.470. The lowest BCUT2D eigenvalue weighted by Gasteiger charge is -2.07. The van der Waals surface area contributed by atoms with E-state index in [1.54, 1.807) is 60.9 Å². The van der Waals surface area contributed by atoms with Crippen LogP contribution in [0.15, 0.2) is 94.1 Å². The van der Waals surface area contributed by atoms with Crippen LogP contribution in [0.25, 0.3) is 34.2 Å². The molecular formula is C24H15N5O5. The van der Waals surface area contributed by atoms with Crippen LogP contribution in [0, 0.1) is 10.1 Å². The highest BCUT2D eigenvalue weighted by molar-refractivity contribution is 6.04. The molecule has 10 nitrogen and oxygen atoms in total. The van der Waals surface area contributed by atoms with Crippen LogP contribution in [0.1, 0.15) is 10.6 Å². The lowest BCUT2D eigenvalue weighted by atomic mass is 10.1. The van der Waals surface area contributed by atoms with Crippen molar-refractivity contribution in [2.75, 3.05) is 5.32 Å². The van der Waals surface area contributed by atoms with Gasteiger partial charge in [-0.15, -0.1) is 0 Å². The lowest BCUT2D eigenvalue weighted by molar-refractivity contribution is -0.384. The average molecular weight is 453 g/mol. The molecule has 10 heteroatoms. The Kier molecular flexibility index (Phi) is 5.37. The van der Waals surface area contributed by atoms with Gasteiger partial charge in [-0.25, -0.2) is 0 Å². The third-order valence-corrected chi connectivity index (χ3v) is 4.92. The molecule has 3 aromatic heterocycles. The number of pyridine rings is 1. The molecule has 1 N–H and O–H groups in total. The number of benzene rings is 2. The van der Waals surface area contributed by atoms with Gasteiger partial charge in [0.05, 0.1) is 16.2 Å². The van der Waals surface area contributed by atoms with Gasteiger partial charge in [-0.05, 0) is 36.4 Å². The van der Waals surface area contributed by atoms with Gasteiger partial charge in [-0.3, -0.25) is 19.9 Å². The number of hydrogen-bond acceptors (Lipinski definition) is 8. The Morgan fingerprint density at radius 1 is 0.971 bits per heavy atom. The molecule has 3 heterocycles. The fourth-order valence-corrected chi connectivity index (χ4v) is 3.30. The van der Waals surface area contributed by atoms with Crippen LogP contribution in [0.5, 0.6) is 0 Å². The summed E-state index contributed by atoms with van der Waals surface area (Å²) < 4.78 is 11.1. The molecule has 0 unspecified atom stereocenters. The van der Waals surface area contributed by atoms with Crippen molar-refractivity contribution in [3.8, 4) is 34.2 Å². The van der Waals surface area contributed by atoms with Crippen LogP contribution in [0.2, 0.25) is 0 Å². The smallest absolute Gasteiger partial charge is 0.291 e. The molecule has 166 valence electrons. The van der Waals surface area contributed by atoms with E-state index in [1.165, 1.54) is 18.2 Å². The monoisotopic (exact) mass is 453 g/mol. The summed E-state index contributed by atoms with van der Waals surface area (Å²) in [4.78, 5) is 31.8. The molecule has 0 aliphatic carbocycles. The first kappa shape index (κ1) is 20.8. The molecule has 0 saturated heterocycles. The number of nitro benzene ring substituents is 1. The fourth-order valence-electron chi connectivity index (χ4n) is 3.30. The second-order valence-electron chi connectivity index (χ2n) is 7.14. The number of aromatic nitrogens is 3. The molecule has 5 rings (SSSR count). The van der Waals surface area contributed by atoms with Crippen molar-refractivity contribution in [2.24, 2.45) is 0 Å². The standard InChI is InChI=1S/C24H15N5O5/c30-23(21-11-10-20(33-21)15-5-3-7-17(13-15)29(31)32)26-19-9-2-1-8-18(19)24-27-22(28-34-24)16-6-4-12-25-14-16/h1-14H,(H,26,30). The number of nitrogens with zero attached hydrogens (tertiary/aromatic N) is 4. The zero-order valence-electron chi connectivity index (χ0n) is 17.4. The molecule has 0 fully saturated rings. The minimum absolute atomic E-state index is 0.0397. The van der Waals surface area contributed by atoms with Crippen molar-refractivity contribution >= 4 is 17.3 Å². The number of non-ortho nitro benzene ring substituents is 1. The molecule has 0 bridgehead atoms. The van der Waals surface area contributed by atoms with Crippen LogP contribution >= 0.6 is 0 Å². The Bertz CT molecular complexity index is 1490. The van der Waals surface area contributed by atoms with E-state index in [9.17, 15) is 14.9 Å². The van der Waals surface area contributed by atoms with Crippen LogP contribution < -0.4 is 5.32 Å². The molecule has 34 heavy (non-hydrogen) atoms. The SMILES string of the molecule is O=C(Nc1ccccc1-c1nc(-c2cccnc2)no1)c1ccc(-c2cccc([N+](=O)[O-])c2)o1. The van der Waals surface area contributed by atoms with E-state index in [0.29, 0.717) is 34.0 Å². The van der Waals surface area contributed by atoms with Crippen molar-refractivity contribution in [3.05, 3.63) is 101 Å². The summed E-state index contributed by atoms with van der Waals surface area (Å²) in [6, 6.07) is 19.6. The molecule has 0 atom stereocenters. The molecule has 0 aliphatic heterocycles. The molecular weight excluding hydrogens is 438 g/mol. The Hall–Kier alpha value is -5.12. The topological polar surface area (TPSA) is 137 Å². The summed E-state index contributed by atoms with van der Waals surface area (Å²) in [6.45, 7) is 0. The van der Waals surface area contributed by atoms with Crippen molar-refractivity contribution < 1.29 is 18.7 Å². The summed E-state index contributed by atoms with van der Waals surface area (Å²) in [6.07, 6.45) is 3.27. The Balaban J connectivity index is 1.38. The first-order chi connectivity index (χ1) is 16.6. The van der Waals surface area contributed by atoms with E-state index in [4.69, 9.17) is 8.94 Å². The van der Waals surface area contributed by atoms with Gasteiger partial charge in [0.25, 0.3) is 17.5 Å². The number of carbonyl (C=O) groups is 1. The number of anilines is 1. The van der Waals surface area contributed by atoms with E-state index in [-0.39, 0.29) is 17.3 Å². The van der Waals surface area contributed by atoms with Gasteiger partial charge in [0.15, 0.2) is 5.76 Å². The molecule has 2 aromatic carbocycles. The largest absolute Gasteiger partial charge is 0.451 e. The minimum atomic E-state index is -0.504. The fraction of sp³-hybridized carbons (Fsp3) is 0. The molecule has 0 saturated carbocycles. The van der Waals surface area contributed by atoms with Gasteiger partial charge in [-0.2, -0.15) is 4.98 Å².